The van der Waals surface area contributed by atoms with Crippen LogP contribution >= 0.6 is 22.9 Å². The summed E-state index contributed by atoms with van der Waals surface area (Å²) in [5, 5.41) is 15.5. The van der Waals surface area contributed by atoms with Crippen LogP contribution in [-0.4, -0.2) is 30.5 Å². The number of pyridine rings is 1. The third-order valence-electron chi connectivity index (χ3n) is 4.96. The molecule has 0 unspecified atom stereocenters. The first-order chi connectivity index (χ1) is 16.6. The van der Waals surface area contributed by atoms with Gasteiger partial charge in [-0.3, -0.25) is 9.59 Å². The van der Waals surface area contributed by atoms with Gasteiger partial charge in [-0.05, 0) is 48.5 Å². The Hall–Kier alpha value is -4.02. The third kappa shape index (κ3) is 4.54. The maximum atomic E-state index is 13.2. The number of carbonyl (C=O) groups is 1. The highest BCUT2D eigenvalue weighted by Gasteiger charge is 2.21. The summed E-state index contributed by atoms with van der Waals surface area (Å²) < 4.78 is 8.65. The molecule has 5 aromatic heterocycles. The Morgan fingerprint density at radius 3 is 2.79 bits per heavy atom. The van der Waals surface area contributed by atoms with Crippen molar-refractivity contribution >= 4 is 34.7 Å². The number of halogens is 1. The van der Waals surface area contributed by atoms with Crippen molar-refractivity contribution in [1.29, 1.82) is 0 Å². The van der Waals surface area contributed by atoms with Crippen LogP contribution in [-0.2, 0) is 13.1 Å². The number of anilines is 1. The Bertz CT molecular complexity index is 1490. The number of hydrogen-bond donors (Lipinski definition) is 1. The van der Waals surface area contributed by atoms with Gasteiger partial charge < -0.3 is 14.3 Å². The third-order valence-corrected chi connectivity index (χ3v) is 6.19. The fourth-order valence-electron chi connectivity index (χ4n) is 3.37. The summed E-state index contributed by atoms with van der Waals surface area (Å²) in [5.41, 5.74) is 1.08. The summed E-state index contributed by atoms with van der Waals surface area (Å²) in [6.07, 6.45) is 4.66. The molecule has 11 heteroatoms. The fraction of sp³-hybridized carbons (Fsp3) is 0.0870. The molecule has 0 aliphatic rings. The molecule has 1 N–H and O–H groups in total. The summed E-state index contributed by atoms with van der Waals surface area (Å²) in [7, 11) is 0. The first kappa shape index (κ1) is 21.8. The van der Waals surface area contributed by atoms with E-state index in [0.717, 1.165) is 4.88 Å². The smallest absolute Gasteiger partial charge is 0.315 e. The summed E-state index contributed by atoms with van der Waals surface area (Å²) >= 11 is 7.46. The highest BCUT2D eigenvalue weighted by atomic mass is 35.5. The predicted molar refractivity (Wildman–Crippen MR) is 128 cm³/mol. The predicted octanol–water partition coefficient (Wildman–Crippen LogP) is 4.16. The summed E-state index contributed by atoms with van der Waals surface area (Å²) in [4.78, 5) is 27.2. The Balaban J connectivity index is 1.51. The average Bonchev–Trinajstić information content (AvgIpc) is 3.61. The first-order valence-electron chi connectivity index (χ1n) is 10.2. The highest BCUT2D eigenvalue weighted by molar-refractivity contribution is 7.16. The van der Waals surface area contributed by atoms with Crippen molar-refractivity contribution in [2.75, 3.05) is 5.32 Å². The maximum Gasteiger partial charge on any atom is 0.315 e. The number of rotatable bonds is 7. The van der Waals surface area contributed by atoms with Gasteiger partial charge in [0, 0.05) is 23.3 Å². The Labute approximate surface area is 202 Å². The van der Waals surface area contributed by atoms with E-state index in [9.17, 15) is 9.59 Å². The van der Waals surface area contributed by atoms with Crippen LogP contribution in [0.3, 0.4) is 0 Å². The van der Waals surface area contributed by atoms with Crippen LogP contribution < -0.4 is 10.9 Å². The highest BCUT2D eigenvalue weighted by Crippen LogP contribution is 2.25. The molecule has 34 heavy (non-hydrogen) atoms. The van der Waals surface area contributed by atoms with Gasteiger partial charge in [-0.15, -0.1) is 11.3 Å². The molecule has 5 rings (SSSR count). The van der Waals surface area contributed by atoms with E-state index in [1.807, 2.05) is 12.1 Å². The molecule has 0 radical (unpaired) electrons. The van der Waals surface area contributed by atoms with Gasteiger partial charge in [-0.1, -0.05) is 11.6 Å². The van der Waals surface area contributed by atoms with Crippen LogP contribution in [0.1, 0.15) is 21.1 Å². The van der Waals surface area contributed by atoms with Gasteiger partial charge in [-0.25, -0.2) is 0 Å². The van der Waals surface area contributed by atoms with Crippen molar-refractivity contribution in [2.24, 2.45) is 0 Å². The molecule has 5 aromatic rings. The second-order valence-corrected chi connectivity index (χ2v) is 9.04. The standard InChI is InChI=1S/C23H17ClN6O3S/c24-20-8-7-16(34-20)13-25-21-12-18(28-30(21)23(32)19-6-3-11-33-19)17-5-2-10-29(22(17)31)14-15-4-1-9-26-27-15/h1-12,25H,13-14H2. The van der Waals surface area contributed by atoms with E-state index >= 15 is 0 Å². The van der Waals surface area contributed by atoms with Crippen molar-refractivity contribution in [1.82, 2.24) is 24.5 Å². The molecule has 0 bridgehead atoms. The lowest BCUT2D eigenvalue weighted by Crippen LogP contribution is -2.22. The number of nitrogens with zero attached hydrogens (tertiary/aromatic N) is 5. The molecule has 0 spiro atoms. The van der Waals surface area contributed by atoms with E-state index in [0.29, 0.717) is 33.7 Å². The second kappa shape index (κ2) is 9.46. The quantitative estimate of drug-likeness (QED) is 0.363. The van der Waals surface area contributed by atoms with Crippen LogP contribution in [0.5, 0.6) is 0 Å². The molecular formula is C23H17ClN6O3S. The van der Waals surface area contributed by atoms with E-state index in [-0.39, 0.29) is 17.9 Å². The Morgan fingerprint density at radius 2 is 2.06 bits per heavy atom. The number of aromatic nitrogens is 5. The van der Waals surface area contributed by atoms with Crippen LogP contribution in [0.2, 0.25) is 4.34 Å². The molecule has 170 valence electrons. The first-order valence-corrected chi connectivity index (χ1v) is 11.4. The number of carbonyl (C=O) groups excluding carboxylic acids is 1. The summed E-state index contributed by atoms with van der Waals surface area (Å²) in [5.74, 6) is 0.0911. The van der Waals surface area contributed by atoms with E-state index < -0.39 is 5.91 Å². The Morgan fingerprint density at radius 1 is 1.15 bits per heavy atom. The monoisotopic (exact) mass is 492 g/mol. The molecule has 0 atom stereocenters. The zero-order chi connectivity index (χ0) is 23.5. The minimum Gasteiger partial charge on any atom is -0.459 e. The molecule has 0 saturated heterocycles. The number of hydrogen-bond acceptors (Lipinski definition) is 8. The fourth-order valence-corrected chi connectivity index (χ4v) is 4.40. The minimum atomic E-state index is -0.459. The summed E-state index contributed by atoms with van der Waals surface area (Å²) in [6, 6.07) is 15.5. The lowest BCUT2D eigenvalue weighted by Gasteiger charge is -2.06. The molecule has 0 aromatic carbocycles. The molecular weight excluding hydrogens is 476 g/mol. The van der Waals surface area contributed by atoms with Gasteiger partial charge in [0.15, 0.2) is 5.76 Å². The molecule has 0 fully saturated rings. The van der Waals surface area contributed by atoms with Gasteiger partial charge in [-0.2, -0.15) is 20.0 Å². The molecule has 0 amide bonds. The van der Waals surface area contributed by atoms with Gasteiger partial charge in [0.05, 0.1) is 34.9 Å². The van der Waals surface area contributed by atoms with Crippen molar-refractivity contribution in [3.8, 4) is 11.3 Å². The zero-order valence-corrected chi connectivity index (χ0v) is 19.2. The SMILES string of the molecule is O=C(c1ccco1)n1nc(-c2cccn(Cc3cccnn3)c2=O)cc1NCc1ccc(Cl)s1. The van der Waals surface area contributed by atoms with E-state index in [2.05, 4.69) is 20.6 Å². The number of nitrogens with one attached hydrogen (secondary N) is 1. The maximum absolute atomic E-state index is 13.2. The molecule has 0 aliphatic heterocycles. The lowest BCUT2D eigenvalue weighted by molar-refractivity contribution is 0.0920. The van der Waals surface area contributed by atoms with E-state index in [1.165, 1.54) is 26.8 Å². The molecule has 9 nitrogen and oxygen atoms in total. The van der Waals surface area contributed by atoms with Gasteiger partial charge in [0.25, 0.3) is 5.56 Å². The van der Waals surface area contributed by atoms with Crippen molar-refractivity contribution in [3.05, 3.63) is 104 Å². The normalized spacial score (nSPS) is 11.0. The number of furan rings is 1. The van der Waals surface area contributed by atoms with Gasteiger partial charge in [0.2, 0.25) is 0 Å². The van der Waals surface area contributed by atoms with Crippen molar-refractivity contribution < 1.29 is 9.21 Å². The summed E-state index contributed by atoms with van der Waals surface area (Å²) in [6.45, 7) is 0.691. The van der Waals surface area contributed by atoms with Crippen LogP contribution in [0.4, 0.5) is 5.82 Å². The van der Waals surface area contributed by atoms with Crippen LogP contribution in [0, 0.1) is 0 Å². The van der Waals surface area contributed by atoms with Crippen molar-refractivity contribution in [3.63, 3.8) is 0 Å². The van der Waals surface area contributed by atoms with Gasteiger partial charge >= 0.3 is 5.91 Å². The zero-order valence-electron chi connectivity index (χ0n) is 17.6. The van der Waals surface area contributed by atoms with Crippen LogP contribution in [0.15, 0.2) is 82.5 Å². The van der Waals surface area contributed by atoms with Crippen molar-refractivity contribution in [2.45, 2.75) is 13.1 Å². The molecule has 0 saturated carbocycles. The topological polar surface area (TPSA) is 108 Å². The largest absolute Gasteiger partial charge is 0.459 e. The van der Waals surface area contributed by atoms with Gasteiger partial charge in [0.1, 0.15) is 11.5 Å². The molecule has 0 aliphatic carbocycles. The average molecular weight is 493 g/mol. The molecule has 5 heterocycles. The minimum absolute atomic E-state index is 0.130. The lowest BCUT2D eigenvalue weighted by atomic mass is 10.2. The Kier molecular flexibility index (Phi) is 6.07. The number of thiophene rings is 1. The van der Waals surface area contributed by atoms with E-state index in [1.54, 1.807) is 54.9 Å². The van der Waals surface area contributed by atoms with Crippen LogP contribution in [0.25, 0.3) is 11.3 Å². The van der Waals surface area contributed by atoms with E-state index in [4.69, 9.17) is 16.0 Å². The second-order valence-electron chi connectivity index (χ2n) is 7.24.